The van der Waals surface area contributed by atoms with E-state index in [1.165, 1.54) is 73.7 Å². The molecule has 0 unspecified atom stereocenters. The zero-order valence-corrected chi connectivity index (χ0v) is 28.2. The smallest absolute Gasteiger partial charge is 0.407 e. The van der Waals surface area contributed by atoms with Gasteiger partial charge in [0.1, 0.15) is 17.7 Å². The summed E-state index contributed by atoms with van der Waals surface area (Å²) in [7, 11) is -4.14. The Morgan fingerprint density at radius 3 is 2.34 bits per heavy atom. The van der Waals surface area contributed by atoms with Crippen molar-refractivity contribution in [1.29, 1.82) is 0 Å². The molecule has 4 rings (SSSR count). The van der Waals surface area contributed by atoms with Crippen LogP contribution in [0.3, 0.4) is 0 Å². The summed E-state index contributed by atoms with van der Waals surface area (Å²) in [6.07, 6.45) is -1.59. The molecule has 0 spiro atoms. The van der Waals surface area contributed by atoms with Crippen LogP contribution in [-0.4, -0.2) is 80.0 Å². The van der Waals surface area contributed by atoms with Crippen LogP contribution >= 0.6 is 0 Å². The minimum atomic E-state index is -4.14. The highest BCUT2D eigenvalue weighted by atomic mass is 32.2. The summed E-state index contributed by atoms with van der Waals surface area (Å²) in [4.78, 5) is 29.6. The number of aliphatic hydroxyl groups excluding tert-OH is 1. The number of nitrogens with zero attached hydrogens (tertiary/aromatic N) is 4. The molecule has 268 valence electrons. The summed E-state index contributed by atoms with van der Waals surface area (Å²) in [6.45, 7) is 1.56. The first-order chi connectivity index (χ1) is 23.9. The summed E-state index contributed by atoms with van der Waals surface area (Å²) in [5, 5.41) is 26.2. The summed E-state index contributed by atoms with van der Waals surface area (Å²) in [5.74, 6) is -2.73. The Balaban J connectivity index is 1.63. The number of halogens is 2. The highest BCUT2D eigenvalue weighted by Gasteiger charge is 2.36. The van der Waals surface area contributed by atoms with Gasteiger partial charge in [-0.25, -0.2) is 26.7 Å². The van der Waals surface area contributed by atoms with E-state index < -0.39 is 57.8 Å². The van der Waals surface area contributed by atoms with Gasteiger partial charge in [0.25, 0.3) is 0 Å². The quantitative estimate of drug-likeness (QED) is 0.0862. The summed E-state index contributed by atoms with van der Waals surface area (Å²) >= 11 is 0. The standard InChI is InChI=1S/C34H40F2N6O7S/c1-22(43)20-42(34(45)46)21-26(40-50(47,48)27-6-3-2-4-7-27)14-15-28-29(36)8-5-9-30(28)38-33(44)32(39-41-37)31(24-16-18-49-19-17-24)23-10-12-25(35)13-11-23/h2-13,22,24,26,31-32,40,43H,14-21H2,1H3,(H,38,44)(H,45,46)/t22-,26-,31+,32+/m1/s1. The van der Waals surface area contributed by atoms with Crippen LogP contribution < -0.4 is 10.0 Å². The van der Waals surface area contributed by atoms with Crippen LogP contribution in [0, 0.1) is 17.6 Å². The Kier molecular flexibility index (Phi) is 13.7. The maximum absolute atomic E-state index is 15.5. The SMILES string of the molecule is C[C@@H](O)CN(C[C@@H](CCc1c(F)cccc1NC(=O)[C@@H](N=[N+]=[N-])[C@@H](c1ccc(F)cc1)C1CCOCC1)NS(=O)(=O)c1ccccc1)C(=O)O. The number of nitrogens with one attached hydrogen (secondary N) is 2. The van der Waals surface area contributed by atoms with Gasteiger partial charge in [-0.05, 0) is 86.0 Å². The van der Waals surface area contributed by atoms with Gasteiger partial charge in [-0.2, -0.15) is 0 Å². The fourth-order valence-electron chi connectivity index (χ4n) is 6.16. The van der Waals surface area contributed by atoms with Crippen molar-refractivity contribution in [3.63, 3.8) is 0 Å². The topological polar surface area (TPSA) is 194 Å². The third kappa shape index (κ3) is 10.5. The Morgan fingerprint density at radius 1 is 1.04 bits per heavy atom. The molecule has 2 amide bonds. The second kappa shape index (κ2) is 17.9. The van der Waals surface area contributed by atoms with Crippen molar-refractivity contribution in [3.05, 3.63) is 106 Å². The predicted molar refractivity (Wildman–Crippen MR) is 181 cm³/mol. The number of ether oxygens (including phenoxy) is 1. The van der Waals surface area contributed by atoms with E-state index in [0.29, 0.717) is 31.6 Å². The van der Waals surface area contributed by atoms with Crippen molar-refractivity contribution >= 4 is 27.7 Å². The second-order valence-corrected chi connectivity index (χ2v) is 13.9. The molecule has 16 heteroatoms. The van der Waals surface area contributed by atoms with Gasteiger partial charge in [0, 0.05) is 54.4 Å². The number of azide groups is 1. The number of amides is 2. The molecule has 50 heavy (non-hydrogen) atoms. The van der Waals surface area contributed by atoms with Crippen LogP contribution in [0.4, 0.5) is 19.3 Å². The van der Waals surface area contributed by atoms with Gasteiger partial charge in [-0.1, -0.05) is 41.5 Å². The lowest BCUT2D eigenvalue weighted by atomic mass is 9.76. The first kappa shape index (κ1) is 38.2. The van der Waals surface area contributed by atoms with Crippen LogP contribution in [0.2, 0.25) is 0 Å². The van der Waals surface area contributed by atoms with Crippen LogP contribution in [0.25, 0.3) is 10.4 Å². The van der Waals surface area contributed by atoms with Crippen molar-refractivity contribution in [1.82, 2.24) is 9.62 Å². The monoisotopic (exact) mass is 714 g/mol. The molecule has 0 radical (unpaired) electrons. The second-order valence-electron chi connectivity index (χ2n) is 12.1. The number of aliphatic hydroxyl groups is 1. The Hall–Kier alpha value is -4.60. The van der Waals surface area contributed by atoms with Gasteiger partial charge in [0.05, 0.1) is 11.0 Å². The minimum absolute atomic E-state index is 0.00578. The number of sulfonamides is 1. The molecule has 3 aromatic rings. The van der Waals surface area contributed by atoms with Crippen LogP contribution in [0.1, 0.15) is 43.2 Å². The third-order valence-electron chi connectivity index (χ3n) is 8.50. The number of carbonyl (C=O) groups excluding carboxylic acids is 1. The molecule has 0 saturated carbocycles. The normalized spacial score (nSPS) is 16.0. The number of carbonyl (C=O) groups is 2. The minimum Gasteiger partial charge on any atom is -0.465 e. The largest absolute Gasteiger partial charge is 0.465 e. The molecule has 3 aromatic carbocycles. The molecule has 13 nitrogen and oxygen atoms in total. The van der Waals surface area contributed by atoms with E-state index in [4.69, 9.17) is 4.74 Å². The van der Waals surface area contributed by atoms with Crippen molar-refractivity contribution in [2.45, 2.75) is 61.6 Å². The van der Waals surface area contributed by atoms with E-state index >= 15 is 4.39 Å². The fourth-order valence-corrected chi connectivity index (χ4v) is 7.44. The molecule has 0 aliphatic carbocycles. The fraction of sp³-hybridized carbons (Fsp3) is 0.412. The van der Waals surface area contributed by atoms with Gasteiger partial charge in [-0.3, -0.25) is 4.79 Å². The first-order valence-electron chi connectivity index (χ1n) is 16.1. The van der Waals surface area contributed by atoms with Crippen molar-refractivity contribution in [2.24, 2.45) is 11.0 Å². The summed E-state index contributed by atoms with van der Waals surface area (Å²) < 4.78 is 63.8. The molecular formula is C34H40F2N6O7S. The van der Waals surface area contributed by atoms with E-state index in [0.717, 1.165) is 4.90 Å². The number of rotatable bonds is 16. The molecule has 0 aromatic heterocycles. The van der Waals surface area contributed by atoms with E-state index in [-0.39, 0.29) is 48.0 Å². The first-order valence-corrected chi connectivity index (χ1v) is 17.6. The number of benzene rings is 3. The van der Waals surface area contributed by atoms with Gasteiger partial charge >= 0.3 is 6.09 Å². The predicted octanol–water partition coefficient (Wildman–Crippen LogP) is 5.43. The Morgan fingerprint density at radius 2 is 1.72 bits per heavy atom. The van der Waals surface area contributed by atoms with Crippen LogP contribution in [-0.2, 0) is 26.0 Å². The molecule has 1 aliphatic heterocycles. The zero-order chi connectivity index (χ0) is 36.3. The molecule has 1 saturated heterocycles. The van der Waals surface area contributed by atoms with E-state index in [2.05, 4.69) is 20.1 Å². The molecule has 4 N–H and O–H groups in total. The highest BCUT2D eigenvalue weighted by Crippen LogP contribution is 2.37. The lowest BCUT2D eigenvalue weighted by molar-refractivity contribution is -0.118. The maximum Gasteiger partial charge on any atom is 0.407 e. The molecule has 1 aliphatic rings. The zero-order valence-electron chi connectivity index (χ0n) is 27.4. The summed E-state index contributed by atoms with van der Waals surface area (Å²) in [5.41, 5.74) is 10.1. The summed E-state index contributed by atoms with van der Waals surface area (Å²) in [6, 6.07) is 14.6. The number of hydrogen-bond acceptors (Lipinski definition) is 7. The average molecular weight is 715 g/mol. The lowest BCUT2D eigenvalue weighted by Gasteiger charge is -2.34. The molecule has 0 bridgehead atoms. The molecule has 1 heterocycles. The van der Waals surface area contributed by atoms with E-state index in [1.54, 1.807) is 6.07 Å². The van der Waals surface area contributed by atoms with Crippen LogP contribution in [0.5, 0.6) is 0 Å². The van der Waals surface area contributed by atoms with Crippen molar-refractivity contribution in [2.75, 3.05) is 31.6 Å². The molecule has 4 atom stereocenters. The lowest BCUT2D eigenvalue weighted by Crippen LogP contribution is -2.47. The van der Waals surface area contributed by atoms with Crippen molar-refractivity contribution in [3.8, 4) is 0 Å². The highest BCUT2D eigenvalue weighted by molar-refractivity contribution is 7.89. The van der Waals surface area contributed by atoms with Gasteiger partial charge in [0.2, 0.25) is 15.9 Å². The van der Waals surface area contributed by atoms with E-state index in [1.807, 2.05) is 0 Å². The van der Waals surface area contributed by atoms with E-state index in [9.17, 15) is 38.1 Å². The number of carboxylic acid groups (broad SMARTS) is 1. The molecular weight excluding hydrogens is 674 g/mol. The molecule has 1 fully saturated rings. The Bertz CT molecular complexity index is 1750. The van der Waals surface area contributed by atoms with Gasteiger partial charge in [0.15, 0.2) is 0 Å². The third-order valence-corrected chi connectivity index (χ3v) is 10.0. The number of anilines is 1. The van der Waals surface area contributed by atoms with Gasteiger partial charge < -0.3 is 25.2 Å². The number of hydrogen-bond donors (Lipinski definition) is 4. The van der Waals surface area contributed by atoms with Gasteiger partial charge in [-0.15, -0.1) is 0 Å². The van der Waals surface area contributed by atoms with Crippen molar-refractivity contribution < 1.29 is 41.7 Å². The Labute approximate surface area is 288 Å². The average Bonchev–Trinajstić information content (AvgIpc) is 3.08. The van der Waals surface area contributed by atoms with Crippen LogP contribution in [0.15, 0.2) is 82.8 Å². The maximum atomic E-state index is 15.5.